The van der Waals surface area contributed by atoms with Crippen LogP contribution < -0.4 is 0 Å². The van der Waals surface area contributed by atoms with Gasteiger partial charge < -0.3 is 14.2 Å². The number of methoxy groups -OCH3 is 1. The first kappa shape index (κ1) is 22.7. The van der Waals surface area contributed by atoms with Crippen LogP contribution in [0, 0.1) is 0 Å². The number of hydrogen-bond donors (Lipinski definition) is 0. The highest BCUT2D eigenvalue weighted by Gasteiger charge is 2.28. The highest BCUT2D eigenvalue weighted by molar-refractivity contribution is 8.17. The smallest absolute Gasteiger partial charge is 0.0864 e. The van der Waals surface area contributed by atoms with Crippen molar-refractivity contribution in [2.24, 2.45) is 0 Å². The molecule has 0 N–H and O–H groups in total. The van der Waals surface area contributed by atoms with Gasteiger partial charge in [-0.05, 0) is 41.9 Å². The first-order chi connectivity index (χ1) is 14.3. The van der Waals surface area contributed by atoms with Crippen molar-refractivity contribution in [2.75, 3.05) is 25.2 Å². The van der Waals surface area contributed by atoms with Crippen molar-refractivity contribution >= 4 is 23.5 Å². The average Bonchev–Trinajstić information content (AvgIpc) is 2.79. The molecule has 0 aromatic heterocycles. The Balaban J connectivity index is 1.66. The summed E-state index contributed by atoms with van der Waals surface area (Å²) in [5, 5.41) is 0. The SMILES string of the molecule is COCC[C@H](OCc1ccccc1)[C@@H](CC1SCCCS1)OCc1ccccc1. The molecule has 0 radical (unpaired) electrons. The maximum atomic E-state index is 6.47. The monoisotopic (exact) mass is 432 g/mol. The van der Waals surface area contributed by atoms with Crippen molar-refractivity contribution < 1.29 is 14.2 Å². The van der Waals surface area contributed by atoms with E-state index in [4.69, 9.17) is 14.2 Å². The van der Waals surface area contributed by atoms with E-state index >= 15 is 0 Å². The van der Waals surface area contributed by atoms with Gasteiger partial charge in [0.1, 0.15) is 0 Å². The van der Waals surface area contributed by atoms with Crippen LogP contribution in [0.15, 0.2) is 60.7 Å². The van der Waals surface area contributed by atoms with Crippen LogP contribution in [-0.2, 0) is 27.4 Å². The molecule has 3 rings (SSSR count). The van der Waals surface area contributed by atoms with Crippen LogP contribution in [0.1, 0.15) is 30.4 Å². The number of thioether (sulfide) groups is 2. The molecular weight excluding hydrogens is 400 g/mol. The van der Waals surface area contributed by atoms with Crippen LogP contribution in [0.3, 0.4) is 0 Å². The molecule has 3 nitrogen and oxygen atoms in total. The van der Waals surface area contributed by atoms with E-state index in [0.29, 0.717) is 24.4 Å². The average molecular weight is 433 g/mol. The lowest BCUT2D eigenvalue weighted by molar-refractivity contribution is -0.0954. The summed E-state index contributed by atoms with van der Waals surface area (Å²) in [4.78, 5) is 0. The van der Waals surface area contributed by atoms with Gasteiger partial charge in [-0.25, -0.2) is 0 Å². The molecule has 2 aromatic rings. The first-order valence-corrected chi connectivity index (χ1v) is 12.5. The molecule has 1 heterocycles. The third-order valence-corrected chi connectivity index (χ3v) is 7.95. The summed E-state index contributed by atoms with van der Waals surface area (Å²) in [6.45, 7) is 1.90. The third kappa shape index (κ3) is 8.35. The highest BCUT2D eigenvalue weighted by atomic mass is 32.2. The predicted octanol–water partition coefficient (Wildman–Crippen LogP) is 5.78. The number of ether oxygens (including phenoxy) is 3. The molecule has 0 bridgehead atoms. The minimum Gasteiger partial charge on any atom is -0.385 e. The Morgan fingerprint density at radius 1 is 0.828 bits per heavy atom. The molecule has 0 saturated carbocycles. The van der Waals surface area contributed by atoms with Crippen molar-refractivity contribution in [1.29, 1.82) is 0 Å². The van der Waals surface area contributed by atoms with Gasteiger partial charge in [-0.15, -0.1) is 23.5 Å². The summed E-state index contributed by atoms with van der Waals surface area (Å²) in [5.41, 5.74) is 2.40. The predicted molar refractivity (Wildman–Crippen MR) is 124 cm³/mol. The summed E-state index contributed by atoms with van der Waals surface area (Å²) in [5.74, 6) is 2.49. The maximum Gasteiger partial charge on any atom is 0.0864 e. The van der Waals surface area contributed by atoms with E-state index in [2.05, 4.69) is 72.1 Å². The topological polar surface area (TPSA) is 27.7 Å². The Kier molecular flexibility index (Phi) is 10.4. The molecule has 2 atom stereocenters. The standard InChI is InChI=1S/C24H32O3S2/c1-25-14-13-22(26-18-20-9-4-2-5-10-20)23(17-24-28-15-8-16-29-24)27-19-21-11-6-3-7-12-21/h2-7,9-12,22-24H,8,13-19H2,1H3/t22-,23+/m0/s1. The Labute approximate surface area is 183 Å². The molecule has 0 unspecified atom stereocenters. The molecule has 0 spiro atoms. The second-order valence-corrected chi connectivity index (χ2v) is 10.1. The van der Waals surface area contributed by atoms with Gasteiger partial charge in [0, 0.05) is 13.7 Å². The maximum absolute atomic E-state index is 6.47. The Morgan fingerprint density at radius 3 is 1.93 bits per heavy atom. The molecule has 5 heteroatoms. The van der Waals surface area contributed by atoms with Crippen LogP contribution in [-0.4, -0.2) is 42.0 Å². The lowest BCUT2D eigenvalue weighted by Crippen LogP contribution is -2.35. The minimum atomic E-state index is 0.0157. The van der Waals surface area contributed by atoms with Gasteiger partial charge in [0.25, 0.3) is 0 Å². The van der Waals surface area contributed by atoms with E-state index in [1.807, 2.05) is 12.1 Å². The Bertz CT molecular complexity index is 662. The van der Waals surface area contributed by atoms with Gasteiger partial charge in [-0.1, -0.05) is 60.7 Å². The van der Waals surface area contributed by atoms with Crippen molar-refractivity contribution in [2.45, 2.75) is 49.3 Å². The van der Waals surface area contributed by atoms with Crippen molar-refractivity contribution in [3.05, 3.63) is 71.8 Å². The van der Waals surface area contributed by atoms with Crippen molar-refractivity contribution in [3.8, 4) is 0 Å². The number of hydrogen-bond acceptors (Lipinski definition) is 5. The minimum absolute atomic E-state index is 0.0157. The number of benzene rings is 2. The molecule has 2 aromatic carbocycles. The van der Waals surface area contributed by atoms with Crippen LogP contribution in [0.5, 0.6) is 0 Å². The second kappa shape index (κ2) is 13.3. The Hall–Kier alpha value is -0.980. The van der Waals surface area contributed by atoms with E-state index in [1.54, 1.807) is 7.11 Å². The van der Waals surface area contributed by atoms with Gasteiger partial charge in [-0.3, -0.25) is 0 Å². The summed E-state index contributed by atoms with van der Waals surface area (Å²) in [6.07, 6.45) is 3.22. The summed E-state index contributed by atoms with van der Waals surface area (Å²) >= 11 is 4.13. The van der Waals surface area contributed by atoms with Crippen LogP contribution >= 0.6 is 23.5 Å². The Morgan fingerprint density at radius 2 is 1.38 bits per heavy atom. The molecule has 1 saturated heterocycles. The van der Waals surface area contributed by atoms with Crippen molar-refractivity contribution in [3.63, 3.8) is 0 Å². The van der Waals surface area contributed by atoms with Crippen LogP contribution in [0.2, 0.25) is 0 Å². The summed E-state index contributed by atoms with van der Waals surface area (Å²) in [6, 6.07) is 20.8. The normalized spacial score (nSPS) is 17.1. The lowest BCUT2D eigenvalue weighted by atomic mass is 10.1. The van der Waals surface area contributed by atoms with Gasteiger partial charge >= 0.3 is 0 Å². The van der Waals surface area contributed by atoms with Crippen LogP contribution in [0.4, 0.5) is 0 Å². The van der Waals surface area contributed by atoms with Gasteiger partial charge in [0.2, 0.25) is 0 Å². The fraction of sp³-hybridized carbons (Fsp3) is 0.500. The zero-order valence-corrected chi connectivity index (χ0v) is 18.8. The van der Waals surface area contributed by atoms with Gasteiger partial charge in [0.15, 0.2) is 0 Å². The van der Waals surface area contributed by atoms with Crippen molar-refractivity contribution in [1.82, 2.24) is 0 Å². The summed E-state index contributed by atoms with van der Waals surface area (Å²) < 4.78 is 18.8. The molecule has 1 aliphatic heterocycles. The quantitative estimate of drug-likeness (QED) is 0.424. The van der Waals surface area contributed by atoms with Crippen LogP contribution in [0.25, 0.3) is 0 Å². The fourth-order valence-electron chi connectivity index (χ4n) is 3.36. The van der Waals surface area contributed by atoms with E-state index in [0.717, 1.165) is 12.8 Å². The molecule has 0 aliphatic carbocycles. The molecule has 158 valence electrons. The number of rotatable bonds is 12. The van der Waals surface area contributed by atoms with E-state index in [-0.39, 0.29) is 12.2 Å². The van der Waals surface area contributed by atoms with E-state index < -0.39 is 0 Å². The van der Waals surface area contributed by atoms with E-state index in [9.17, 15) is 0 Å². The third-order valence-electron chi connectivity index (χ3n) is 4.96. The highest BCUT2D eigenvalue weighted by Crippen LogP contribution is 2.35. The van der Waals surface area contributed by atoms with E-state index in [1.165, 1.54) is 29.1 Å². The molecule has 1 aliphatic rings. The molecular formula is C24H32O3S2. The largest absolute Gasteiger partial charge is 0.385 e. The fourth-order valence-corrected chi connectivity index (χ4v) is 6.30. The van der Waals surface area contributed by atoms with Gasteiger partial charge in [0.05, 0.1) is 30.0 Å². The zero-order valence-electron chi connectivity index (χ0n) is 17.2. The van der Waals surface area contributed by atoms with Gasteiger partial charge in [-0.2, -0.15) is 0 Å². The summed E-state index contributed by atoms with van der Waals surface area (Å²) in [7, 11) is 1.75. The first-order valence-electron chi connectivity index (χ1n) is 10.4. The molecule has 1 fully saturated rings. The molecule has 29 heavy (non-hydrogen) atoms. The second-order valence-electron chi connectivity index (χ2n) is 7.21. The molecule has 0 amide bonds. The zero-order chi connectivity index (χ0) is 20.2. The lowest BCUT2D eigenvalue weighted by Gasteiger charge is -2.31.